The third-order valence-electron chi connectivity index (χ3n) is 1.90. The maximum Gasteiger partial charge on any atom is 0.0304 e. The van der Waals surface area contributed by atoms with Crippen LogP contribution in [0.15, 0.2) is 0 Å². The summed E-state index contributed by atoms with van der Waals surface area (Å²) in [5, 5.41) is 6.45. The zero-order valence-electron chi connectivity index (χ0n) is 9.62. The molecule has 0 aromatic heterocycles. The van der Waals surface area contributed by atoms with Crippen LogP contribution in [0, 0.1) is 0 Å². The van der Waals surface area contributed by atoms with Crippen molar-refractivity contribution >= 4 is 0 Å². The van der Waals surface area contributed by atoms with Crippen molar-refractivity contribution in [2.24, 2.45) is 0 Å². The van der Waals surface area contributed by atoms with Gasteiger partial charge in [0.2, 0.25) is 0 Å². The lowest BCUT2D eigenvalue weighted by Gasteiger charge is -2.11. The van der Waals surface area contributed by atoms with Crippen molar-refractivity contribution in [3.05, 3.63) is 0 Å². The largest absolute Gasteiger partial charge is 0.318 e. The quantitative estimate of drug-likeness (QED) is 0.684. The smallest absolute Gasteiger partial charge is 0.0304 e. The maximum atomic E-state index is 3.29. The summed E-state index contributed by atoms with van der Waals surface area (Å²) in [5.41, 5.74) is 0.481. The molecule has 2 N–H and O–H groups in total. The van der Waals surface area contributed by atoms with Gasteiger partial charge in [0.05, 0.1) is 0 Å². The Kier molecular flexibility index (Phi) is 10.8. The summed E-state index contributed by atoms with van der Waals surface area (Å²) in [5.74, 6) is 0. The summed E-state index contributed by atoms with van der Waals surface area (Å²) in [7, 11) is 4.03. The van der Waals surface area contributed by atoms with Crippen molar-refractivity contribution in [1.29, 1.82) is 0 Å². The summed E-state index contributed by atoms with van der Waals surface area (Å²) in [6.07, 6.45) is 2.68. The predicted octanol–water partition coefficient (Wildman–Crippen LogP) is 2.01. The second kappa shape index (κ2) is 9.01. The molecule has 1 rings (SSSR count). The van der Waals surface area contributed by atoms with Crippen LogP contribution in [0.2, 0.25) is 0 Å². The van der Waals surface area contributed by atoms with Crippen molar-refractivity contribution < 1.29 is 0 Å². The molecule has 0 aromatic rings. The Morgan fingerprint density at radius 2 is 1.42 bits per heavy atom. The Hall–Kier alpha value is -0.0800. The van der Waals surface area contributed by atoms with E-state index in [1.165, 1.54) is 12.8 Å². The van der Waals surface area contributed by atoms with Gasteiger partial charge in [0.15, 0.2) is 0 Å². The Bertz CT molecular complexity index is 77.9. The van der Waals surface area contributed by atoms with Crippen LogP contribution in [0.5, 0.6) is 0 Å². The van der Waals surface area contributed by atoms with Crippen LogP contribution in [0.3, 0.4) is 0 Å². The molecule has 1 saturated carbocycles. The van der Waals surface area contributed by atoms with Crippen molar-refractivity contribution in [3.63, 3.8) is 0 Å². The van der Waals surface area contributed by atoms with Gasteiger partial charge in [-0.25, -0.2) is 0 Å². The third kappa shape index (κ3) is 5.56. The average molecular weight is 174 g/mol. The fraction of sp³-hybridized carbons (Fsp3) is 1.00. The lowest BCUT2D eigenvalue weighted by Crippen LogP contribution is -2.37. The molecule has 0 saturated heterocycles. The molecule has 0 amide bonds. The van der Waals surface area contributed by atoms with Gasteiger partial charge < -0.3 is 10.6 Å². The van der Waals surface area contributed by atoms with Gasteiger partial charge >= 0.3 is 0 Å². The van der Waals surface area contributed by atoms with E-state index in [2.05, 4.69) is 10.6 Å². The highest BCUT2D eigenvalue weighted by Gasteiger charge is 2.39. The van der Waals surface area contributed by atoms with Crippen molar-refractivity contribution in [2.75, 3.05) is 20.6 Å². The Labute approximate surface area is 78.1 Å². The van der Waals surface area contributed by atoms with Gasteiger partial charge in [-0.15, -0.1) is 0 Å². The van der Waals surface area contributed by atoms with E-state index < -0.39 is 0 Å². The van der Waals surface area contributed by atoms with Crippen LogP contribution in [-0.2, 0) is 0 Å². The van der Waals surface area contributed by atoms with Gasteiger partial charge in [0, 0.05) is 12.1 Å². The van der Waals surface area contributed by atoms with E-state index in [4.69, 9.17) is 0 Å². The molecular formula is C10H26N2. The zero-order valence-corrected chi connectivity index (χ0v) is 9.62. The van der Waals surface area contributed by atoms with Crippen LogP contribution in [0.1, 0.15) is 40.5 Å². The van der Waals surface area contributed by atoms with Gasteiger partial charge in [-0.3, -0.25) is 0 Å². The lowest BCUT2D eigenvalue weighted by molar-refractivity contribution is 0.520. The summed E-state index contributed by atoms with van der Waals surface area (Å²) >= 11 is 0. The number of hydrogen-bond donors (Lipinski definition) is 2. The van der Waals surface area contributed by atoms with Gasteiger partial charge in [0.25, 0.3) is 0 Å². The molecule has 0 atom stereocenters. The molecule has 2 heteroatoms. The van der Waals surface area contributed by atoms with Gasteiger partial charge in [0.1, 0.15) is 0 Å². The first kappa shape index (κ1) is 14.4. The highest BCUT2D eigenvalue weighted by Crippen LogP contribution is 2.33. The summed E-state index contributed by atoms with van der Waals surface area (Å²) in [6, 6.07) is 0. The number of likely N-dealkylation sites (N-methyl/N-ethyl adjacent to an activating group) is 2. The van der Waals surface area contributed by atoms with E-state index in [-0.39, 0.29) is 0 Å². The first-order chi connectivity index (χ1) is 5.83. The molecule has 2 nitrogen and oxygen atoms in total. The Balaban J connectivity index is 0. The predicted molar refractivity (Wildman–Crippen MR) is 57.6 cm³/mol. The highest BCUT2D eigenvalue weighted by atomic mass is 15.0. The summed E-state index contributed by atoms with van der Waals surface area (Å²) in [6.45, 7) is 9.11. The molecule has 1 aliphatic rings. The molecule has 0 spiro atoms. The molecule has 0 aromatic carbocycles. The fourth-order valence-electron chi connectivity index (χ4n) is 1.00. The Morgan fingerprint density at radius 1 is 1.00 bits per heavy atom. The van der Waals surface area contributed by atoms with E-state index in [0.29, 0.717) is 5.54 Å². The minimum absolute atomic E-state index is 0.481. The molecule has 0 unspecified atom stereocenters. The zero-order chi connectivity index (χ0) is 10.0. The molecular weight excluding hydrogens is 148 g/mol. The van der Waals surface area contributed by atoms with Crippen LogP contribution in [0.4, 0.5) is 0 Å². The van der Waals surface area contributed by atoms with Crippen LogP contribution in [-0.4, -0.2) is 26.2 Å². The van der Waals surface area contributed by atoms with Crippen molar-refractivity contribution in [2.45, 2.75) is 46.1 Å². The van der Waals surface area contributed by atoms with E-state index in [1.54, 1.807) is 0 Å². The lowest BCUT2D eigenvalue weighted by atomic mass is 10.3. The van der Waals surface area contributed by atoms with Crippen molar-refractivity contribution in [3.8, 4) is 0 Å². The van der Waals surface area contributed by atoms with Gasteiger partial charge in [-0.1, -0.05) is 27.7 Å². The topological polar surface area (TPSA) is 24.1 Å². The summed E-state index contributed by atoms with van der Waals surface area (Å²) in [4.78, 5) is 0. The summed E-state index contributed by atoms with van der Waals surface area (Å²) < 4.78 is 0. The highest BCUT2D eigenvalue weighted by molar-refractivity contribution is 5.02. The molecule has 0 radical (unpaired) electrons. The van der Waals surface area contributed by atoms with Crippen LogP contribution < -0.4 is 10.6 Å². The van der Waals surface area contributed by atoms with Gasteiger partial charge in [-0.05, 0) is 26.9 Å². The molecule has 1 fully saturated rings. The molecule has 0 aliphatic heterocycles. The molecule has 0 bridgehead atoms. The second-order valence-corrected chi connectivity index (χ2v) is 2.56. The molecule has 1 aliphatic carbocycles. The maximum absolute atomic E-state index is 3.29. The van der Waals surface area contributed by atoms with Crippen LogP contribution >= 0.6 is 0 Å². The van der Waals surface area contributed by atoms with E-state index in [0.717, 1.165) is 6.54 Å². The second-order valence-electron chi connectivity index (χ2n) is 2.56. The SMILES string of the molecule is CC.CC.CNCC1(NC)CC1. The van der Waals surface area contributed by atoms with Crippen LogP contribution in [0.25, 0.3) is 0 Å². The number of nitrogens with one attached hydrogen (secondary N) is 2. The van der Waals surface area contributed by atoms with Gasteiger partial charge in [-0.2, -0.15) is 0 Å². The minimum Gasteiger partial charge on any atom is -0.318 e. The normalized spacial score (nSPS) is 16.5. The van der Waals surface area contributed by atoms with Crippen molar-refractivity contribution in [1.82, 2.24) is 10.6 Å². The fourth-order valence-corrected chi connectivity index (χ4v) is 1.00. The molecule has 76 valence electrons. The monoisotopic (exact) mass is 174 g/mol. The van der Waals surface area contributed by atoms with E-state index >= 15 is 0 Å². The first-order valence-corrected chi connectivity index (χ1v) is 5.16. The number of hydrogen-bond acceptors (Lipinski definition) is 2. The Morgan fingerprint density at radius 3 is 1.50 bits per heavy atom. The minimum atomic E-state index is 0.481. The van der Waals surface area contributed by atoms with E-state index in [9.17, 15) is 0 Å². The first-order valence-electron chi connectivity index (χ1n) is 5.16. The molecule has 12 heavy (non-hydrogen) atoms. The van der Waals surface area contributed by atoms with E-state index in [1.807, 2.05) is 41.8 Å². The standard InChI is InChI=1S/C6H14N2.2C2H6/c1-7-5-6(8-2)3-4-6;2*1-2/h7-8H,3-5H2,1-2H3;2*1-2H3. The molecule has 0 heterocycles. The average Bonchev–Trinajstić information content (AvgIpc) is 2.93. The number of rotatable bonds is 3. The third-order valence-corrected chi connectivity index (χ3v) is 1.90.